The first-order valence-electron chi connectivity index (χ1n) is 9.62. The molecular formula is C19H32N4OS. The van der Waals surface area contributed by atoms with Crippen LogP contribution in [0.15, 0.2) is 17.5 Å². The number of rotatable bonds is 5. The summed E-state index contributed by atoms with van der Waals surface area (Å²) in [5.74, 6) is 0.819. The Hall–Kier alpha value is -1.11. The van der Waals surface area contributed by atoms with Crippen molar-refractivity contribution in [3.8, 4) is 0 Å². The van der Waals surface area contributed by atoms with Crippen LogP contribution in [0.1, 0.15) is 43.5 Å². The third-order valence-corrected chi connectivity index (χ3v) is 6.52. The van der Waals surface area contributed by atoms with Crippen molar-refractivity contribution < 1.29 is 4.79 Å². The number of urea groups is 1. The highest BCUT2D eigenvalue weighted by atomic mass is 32.1. The molecule has 0 bridgehead atoms. The Morgan fingerprint density at radius 2 is 2.12 bits per heavy atom. The summed E-state index contributed by atoms with van der Waals surface area (Å²) in [6.07, 6.45) is 4.74. The van der Waals surface area contributed by atoms with E-state index < -0.39 is 0 Å². The predicted octanol–water partition coefficient (Wildman–Crippen LogP) is 2.91. The van der Waals surface area contributed by atoms with E-state index in [1.165, 1.54) is 17.7 Å². The molecule has 2 aliphatic rings. The van der Waals surface area contributed by atoms with Gasteiger partial charge in [0, 0.05) is 24.0 Å². The van der Waals surface area contributed by atoms with E-state index in [1.54, 1.807) is 11.3 Å². The van der Waals surface area contributed by atoms with Crippen LogP contribution >= 0.6 is 11.3 Å². The minimum absolute atomic E-state index is 0.0211. The number of carbonyl (C=O) groups excluding carboxylic acids is 1. The van der Waals surface area contributed by atoms with Crippen molar-refractivity contribution in [3.05, 3.63) is 22.4 Å². The number of nitrogens with zero attached hydrogens (tertiary/aromatic N) is 2. The highest BCUT2D eigenvalue weighted by Crippen LogP contribution is 2.29. The average molecular weight is 365 g/mol. The number of carbonyl (C=O) groups is 1. The molecule has 2 amide bonds. The largest absolute Gasteiger partial charge is 0.336 e. The van der Waals surface area contributed by atoms with Crippen LogP contribution in [0.3, 0.4) is 0 Å². The van der Waals surface area contributed by atoms with Crippen LogP contribution in [0.25, 0.3) is 0 Å². The van der Waals surface area contributed by atoms with Crippen LogP contribution < -0.4 is 10.6 Å². The van der Waals surface area contributed by atoms with Crippen LogP contribution in [-0.4, -0.2) is 61.6 Å². The number of likely N-dealkylation sites (N-methyl/N-ethyl adjacent to an activating group) is 1. The van der Waals surface area contributed by atoms with Crippen molar-refractivity contribution in [2.75, 3.05) is 39.8 Å². The molecule has 2 unspecified atom stereocenters. The lowest BCUT2D eigenvalue weighted by atomic mass is 9.97. The summed E-state index contributed by atoms with van der Waals surface area (Å²) in [5.41, 5.74) is 0. The van der Waals surface area contributed by atoms with Gasteiger partial charge in [-0.25, -0.2) is 4.79 Å². The van der Waals surface area contributed by atoms with Crippen molar-refractivity contribution >= 4 is 17.4 Å². The first kappa shape index (κ1) is 18.7. The van der Waals surface area contributed by atoms with E-state index in [2.05, 4.69) is 51.9 Å². The maximum absolute atomic E-state index is 12.4. The second kappa shape index (κ2) is 9.01. The molecule has 2 N–H and O–H groups in total. The second-order valence-electron chi connectivity index (χ2n) is 7.71. The Bertz CT molecular complexity index is 528. The summed E-state index contributed by atoms with van der Waals surface area (Å²) < 4.78 is 0. The highest BCUT2D eigenvalue weighted by molar-refractivity contribution is 7.10. The van der Waals surface area contributed by atoms with E-state index in [9.17, 15) is 4.79 Å². The molecule has 1 aromatic rings. The fraction of sp³-hybridized carbons (Fsp3) is 0.737. The average Bonchev–Trinajstić information content (AvgIpc) is 3.11. The smallest absolute Gasteiger partial charge is 0.315 e. The van der Waals surface area contributed by atoms with Gasteiger partial charge in [-0.05, 0) is 69.7 Å². The Kier molecular flexibility index (Phi) is 6.73. The Morgan fingerprint density at radius 1 is 1.32 bits per heavy atom. The third kappa shape index (κ3) is 5.43. The molecule has 2 saturated heterocycles. The molecular weight excluding hydrogens is 332 g/mol. The molecule has 1 aromatic heterocycles. The number of hydrogen-bond acceptors (Lipinski definition) is 4. The van der Waals surface area contributed by atoms with Gasteiger partial charge in [-0.2, -0.15) is 0 Å². The maximum Gasteiger partial charge on any atom is 0.315 e. The van der Waals surface area contributed by atoms with E-state index in [-0.39, 0.29) is 12.1 Å². The molecule has 0 radical (unpaired) electrons. The van der Waals surface area contributed by atoms with Crippen molar-refractivity contribution in [1.29, 1.82) is 0 Å². The molecule has 2 aliphatic heterocycles. The number of amides is 2. The summed E-state index contributed by atoms with van der Waals surface area (Å²) >= 11 is 1.79. The lowest BCUT2D eigenvalue weighted by Gasteiger charge is -2.36. The number of hydrogen-bond donors (Lipinski definition) is 2. The van der Waals surface area contributed by atoms with Gasteiger partial charge in [0.25, 0.3) is 0 Å². The van der Waals surface area contributed by atoms with E-state index in [4.69, 9.17) is 0 Å². The monoisotopic (exact) mass is 364 g/mol. The third-order valence-electron chi connectivity index (χ3n) is 5.55. The SMILES string of the molecule is CC1CCN(C(CNC(=O)NC2CCCN(C)C2)c2cccs2)CC1. The molecule has 2 atom stereocenters. The Labute approximate surface area is 155 Å². The van der Waals surface area contributed by atoms with Gasteiger partial charge >= 0.3 is 6.03 Å². The highest BCUT2D eigenvalue weighted by Gasteiger charge is 2.26. The van der Waals surface area contributed by atoms with Crippen molar-refractivity contribution in [1.82, 2.24) is 20.4 Å². The molecule has 0 aromatic carbocycles. The normalized spacial score (nSPS) is 24.8. The van der Waals surface area contributed by atoms with Crippen LogP contribution in [0, 0.1) is 5.92 Å². The first-order valence-corrected chi connectivity index (χ1v) is 10.5. The second-order valence-corrected chi connectivity index (χ2v) is 8.68. The molecule has 0 spiro atoms. The van der Waals surface area contributed by atoms with E-state index in [1.807, 2.05) is 0 Å². The van der Waals surface area contributed by atoms with E-state index in [0.29, 0.717) is 12.6 Å². The Morgan fingerprint density at radius 3 is 2.80 bits per heavy atom. The topological polar surface area (TPSA) is 47.6 Å². The summed E-state index contributed by atoms with van der Waals surface area (Å²) in [6.45, 7) is 7.36. The van der Waals surface area contributed by atoms with Gasteiger partial charge in [0.15, 0.2) is 0 Å². The van der Waals surface area contributed by atoms with E-state index >= 15 is 0 Å². The fourth-order valence-electron chi connectivity index (χ4n) is 3.94. The zero-order valence-electron chi connectivity index (χ0n) is 15.5. The number of thiophene rings is 1. The minimum Gasteiger partial charge on any atom is -0.336 e. The molecule has 140 valence electrons. The van der Waals surface area contributed by atoms with Crippen LogP contribution in [0.2, 0.25) is 0 Å². The quantitative estimate of drug-likeness (QED) is 0.844. The van der Waals surface area contributed by atoms with Gasteiger partial charge < -0.3 is 15.5 Å². The van der Waals surface area contributed by atoms with Gasteiger partial charge in [-0.15, -0.1) is 11.3 Å². The standard InChI is InChI=1S/C19H32N4OS/c1-15-7-10-23(11-8-15)17(18-6-4-12-25-18)13-20-19(24)21-16-5-3-9-22(2)14-16/h4,6,12,15-17H,3,5,7-11,13-14H2,1-2H3,(H2,20,21,24). The molecule has 6 heteroatoms. The van der Waals surface area contributed by atoms with E-state index in [0.717, 1.165) is 44.9 Å². The lowest BCUT2D eigenvalue weighted by Crippen LogP contribution is -2.51. The fourth-order valence-corrected chi connectivity index (χ4v) is 4.80. The zero-order chi connectivity index (χ0) is 17.6. The lowest BCUT2D eigenvalue weighted by molar-refractivity contribution is 0.137. The molecule has 3 heterocycles. The number of nitrogens with one attached hydrogen (secondary N) is 2. The molecule has 25 heavy (non-hydrogen) atoms. The number of likely N-dealkylation sites (tertiary alicyclic amines) is 2. The zero-order valence-corrected chi connectivity index (χ0v) is 16.4. The molecule has 5 nitrogen and oxygen atoms in total. The van der Waals surface area contributed by atoms with Gasteiger partial charge in [0.05, 0.1) is 6.04 Å². The number of piperidine rings is 2. The van der Waals surface area contributed by atoms with Crippen LogP contribution in [-0.2, 0) is 0 Å². The molecule has 3 rings (SSSR count). The summed E-state index contributed by atoms with van der Waals surface area (Å²) in [6, 6.07) is 4.86. The van der Waals surface area contributed by atoms with Crippen molar-refractivity contribution in [2.45, 2.75) is 44.7 Å². The van der Waals surface area contributed by atoms with Gasteiger partial charge in [0.1, 0.15) is 0 Å². The van der Waals surface area contributed by atoms with Gasteiger partial charge in [0.2, 0.25) is 0 Å². The Balaban J connectivity index is 1.52. The molecule has 2 fully saturated rings. The van der Waals surface area contributed by atoms with Gasteiger partial charge in [-0.3, -0.25) is 4.90 Å². The predicted molar refractivity (Wildman–Crippen MR) is 104 cm³/mol. The molecule has 0 saturated carbocycles. The van der Waals surface area contributed by atoms with Crippen LogP contribution in [0.5, 0.6) is 0 Å². The first-order chi connectivity index (χ1) is 12.1. The van der Waals surface area contributed by atoms with Crippen molar-refractivity contribution in [2.24, 2.45) is 5.92 Å². The summed E-state index contributed by atoms with van der Waals surface area (Å²) in [5, 5.41) is 8.42. The van der Waals surface area contributed by atoms with Gasteiger partial charge in [-0.1, -0.05) is 13.0 Å². The summed E-state index contributed by atoms with van der Waals surface area (Å²) in [7, 11) is 2.12. The minimum atomic E-state index is -0.0211. The maximum atomic E-state index is 12.4. The summed E-state index contributed by atoms with van der Waals surface area (Å²) in [4.78, 5) is 18.6. The molecule has 0 aliphatic carbocycles. The van der Waals surface area contributed by atoms with Crippen LogP contribution in [0.4, 0.5) is 4.79 Å². The van der Waals surface area contributed by atoms with Crippen molar-refractivity contribution in [3.63, 3.8) is 0 Å².